The van der Waals surface area contributed by atoms with Gasteiger partial charge < -0.3 is 4.74 Å². The van der Waals surface area contributed by atoms with E-state index in [1.807, 2.05) is 30.3 Å². The number of hydrogen-bond acceptors (Lipinski definition) is 5. The van der Waals surface area contributed by atoms with Gasteiger partial charge in [-0.25, -0.2) is 15.6 Å². The predicted molar refractivity (Wildman–Crippen MR) is 58.3 cm³/mol. The molecule has 79 valence electrons. The molecule has 1 atom stereocenters. The van der Waals surface area contributed by atoms with E-state index in [-0.39, 0.29) is 5.97 Å². The van der Waals surface area contributed by atoms with Gasteiger partial charge in [0.1, 0.15) is 0 Å². The fourth-order valence-corrected chi connectivity index (χ4v) is 2.32. The maximum absolute atomic E-state index is 11.8. The average molecular weight is 223 g/mol. The minimum atomic E-state index is -0.865. The van der Waals surface area contributed by atoms with Crippen LogP contribution < -0.4 is 10.9 Å². The fraction of sp³-hybridized carbons (Fsp3) is 0.200. The Labute approximate surface area is 92.4 Å². The Morgan fingerprint density at radius 2 is 2.13 bits per heavy atom. The summed E-state index contributed by atoms with van der Waals surface area (Å²) in [5.74, 6) is 1.41. The lowest BCUT2D eigenvalue weighted by Crippen LogP contribution is -2.46. The zero-order chi connectivity index (χ0) is 10.7. The van der Waals surface area contributed by atoms with Gasteiger partial charge in [-0.1, -0.05) is 42.1 Å². The highest BCUT2D eigenvalue weighted by Gasteiger charge is 2.45. The van der Waals surface area contributed by atoms with Gasteiger partial charge in [-0.15, -0.1) is 0 Å². The molecule has 0 amide bonds. The van der Waals surface area contributed by atoms with Crippen LogP contribution in [0.2, 0.25) is 0 Å². The standard InChI is InChI=1S/C10H11N2O2S/c1-14-9(13)10(12-11-7-15-10)8-5-3-2-4-6-8/h2-7,11-12H,1H3. The molecular formula is C10H11N2O2S. The van der Waals surface area contributed by atoms with E-state index in [0.717, 1.165) is 5.56 Å². The largest absolute Gasteiger partial charge is 0.467 e. The lowest BCUT2D eigenvalue weighted by Gasteiger charge is -2.24. The van der Waals surface area contributed by atoms with E-state index in [1.165, 1.54) is 18.9 Å². The van der Waals surface area contributed by atoms with E-state index < -0.39 is 4.87 Å². The molecule has 1 fully saturated rings. The fourth-order valence-electron chi connectivity index (χ4n) is 1.45. The summed E-state index contributed by atoms with van der Waals surface area (Å²) in [6.45, 7) is 0. The highest BCUT2D eigenvalue weighted by Crippen LogP contribution is 2.38. The summed E-state index contributed by atoms with van der Waals surface area (Å²) in [5.41, 5.74) is 6.60. The predicted octanol–water partition coefficient (Wildman–Crippen LogP) is 0.973. The molecule has 4 nitrogen and oxygen atoms in total. The summed E-state index contributed by atoms with van der Waals surface area (Å²) in [5, 5.41) is 0. The van der Waals surface area contributed by atoms with Gasteiger partial charge in [-0.2, -0.15) is 0 Å². The zero-order valence-electron chi connectivity index (χ0n) is 8.19. The third kappa shape index (κ3) is 1.73. The van der Waals surface area contributed by atoms with Crippen LogP contribution in [0.25, 0.3) is 0 Å². The lowest BCUT2D eigenvalue weighted by atomic mass is 10.1. The Bertz CT molecular complexity index is 350. The number of thioether (sulfide) groups is 1. The number of rotatable bonds is 2. The van der Waals surface area contributed by atoms with Gasteiger partial charge in [-0.3, -0.25) is 0 Å². The van der Waals surface area contributed by atoms with Crippen LogP contribution in [0.15, 0.2) is 30.3 Å². The van der Waals surface area contributed by atoms with Gasteiger partial charge >= 0.3 is 5.97 Å². The Morgan fingerprint density at radius 1 is 1.40 bits per heavy atom. The number of methoxy groups -OCH3 is 1. The molecule has 0 bridgehead atoms. The Kier molecular flexibility index (Phi) is 2.95. The van der Waals surface area contributed by atoms with Crippen molar-refractivity contribution in [2.24, 2.45) is 0 Å². The molecule has 1 aromatic carbocycles. The van der Waals surface area contributed by atoms with Gasteiger partial charge in [-0.05, 0) is 5.56 Å². The maximum atomic E-state index is 11.8. The molecule has 2 N–H and O–H groups in total. The van der Waals surface area contributed by atoms with Crippen LogP contribution in [0.1, 0.15) is 5.56 Å². The maximum Gasteiger partial charge on any atom is 0.342 e. The first-order chi connectivity index (χ1) is 7.29. The van der Waals surface area contributed by atoms with E-state index >= 15 is 0 Å². The smallest absolute Gasteiger partial charge is 0.342 e. The molecule has 5 heteroatoms. The first-order valence-electron chi connectivity index (χ1n) is 4.46. The van der Waals surface area contributed by atoms with Crippen LogP contribution in [-0.4, -0.2) is 13.1 Å². The van der Waals surface area contributed by atoms with Gasteiger partial charge in [0, 0.05) is 0 Å². The molecule has 0 saturated carbocycles. The molecule has 0 aliphatic carbocycles. The summed E-state index contributed by atoms with van der Waals surface area (Å²) in [7, 11) is 1.38. The minimum Gasteiger partial charge on any atom is -0.467 e. The second-order valence-corrected chi connectivity index (χ2v) is 4.13. The van der Waals surface area contributed by atoms with Crippen molar-refractivity contribution >= 4 is 17.7 Å². The van der Waals surface area contributed by atoms with Crippen LogP contribution >= 0.6 is 11.8 Å². The van der Waals surface area contributed by atoms with Crippen LogP contribution in [0.4, 0.5) is 0 Å². The van der Waals surface area contributed by atoms with Crippen molar-refractivity contribution in [2.45, 2.75) is 4.87 Å². The number of hydrazine groups is 1. The number of benzene rings is 1. The number of nitrogens with one attached hydrogen (secondary N) is 2. The molecular weight excluding hydrogens is 212 g/mol. The topological polar surface area (TPSA) is 50.4 Å². The molecule has 0 aromatic heterocycles. The number of ether oxygens (including phenoxy) is 1. The van der Waals surface area contributed by atoms with E-state index in [9.17, 15) is 4.79 Å². The first-order valence-corrected chi connectivity index (χ1v) is 5.34. The van der Waals surface area contributed by atoms with Crippen LogP contribution in [-0.2, 0) is 14.4 Å². The summed E-state index contributed by atoms with van der Waals surface area (Å²) in [4.78, 5) is 10.9. The second kappa shape index (κ2) is 4.22. The molecule has 1 heterocycles. The van der Waals surface area contributed by atoms with Gasteiger partial charge in [0.2, 0.25) is 4.87 Å². The van der Waals surface area contributed by atoms with Crippen LogP contribution in [0.3, 0.4) is 0 Å². The van der Waals surface area contributed by atoms with E-state index in [0.29, 0.717) is 0 Å². The summed E-state index contributed by atoms with van der Waals surface area (Å²) >= 11 is 1.35. The van der Waals surface area contributed by atoms with Gasteiger partial charge in [0.05, 0.1) is 13.0 Å². The molecule has 1 unspecified atom stereocenters. The van der Waals surface area contributed by atoms with Crippen LogP contribution in [0, 0.1) is 5.88 Å². The summed E-state index contributed by atoms with van der Waals surface area (Å²) in [6, 6.07) is 9.46. The molecule has 15 heavy (non-hydrogen) atoms. The van der Waals surface area contributed by atoms with Crippen molar-refractivity contribution in [1.82, 2.24) is 10.9 Å². The quantitative estimate of drug-likeness (QED) is 0.732. The summed E-state index contributed by atoms with van der Waals surface area (Å²) in [6.07, 6.45) is 0. The monoisotopic (exact) mass is 223 g/mol. The van der Waals surface area contributed by atoms with Crippen molar-refractivity contribution in [1.29, 1.82) is 0 Å². The third-order valence-corrected chi connectivity index (χ3v) is 3.29. The number of hydrogen-bond donors (Lipinski definition) is 2. The second-order valence-electron chi connectivity index (χ2n) is 3.04. The third-order valence-electron chi connectivity index (χ3n) is 2.20. The van der Waals surface area contributed by atoms with Crippen molar-refractivity contribution < 1.29 is 9.53 Å². The van der Waals surface area contributed by atoms with Gasteiger partial charge in [0.25, 0.3) is 0 Å². The van der Waals surface area contributed by atoms with E-state index in [1.54, 1.807) is 5.88 Å². The Hall–Kier alpha value is -1.04. The molecule has 1 saturated heterocycles. The van der Waals surface area contributed by atoms with E-state index in [2.05, 4.69) is 10.9 Å². The molecule has 0 spiro atoms. The van der Waals surface area contributed by atoms with Crippen molar-refractivity contribution in [3.05, 3.63) is 41.8 Å². The van der Waals surface area contributed by atoms with Crippen molar-refractivity contribution in [3.8, 4) is 0 Å². The zero-order valence-corrected chi connectivity index (χ0v) is 9.01. The number of carbonyl (C=O) groups excluding carboxylic acids is 1. The normalized spacial score (nSPS) is 25.1. The Balaban J connectivity index is 2.39. The highest BCUT2D eigenvalue weighted by molar-refractivity contribution is 8.03. The first kappa shape index (κ1) is 10.5. The van der Waals surface area contributed by atoms with Crippen LogP contribution in [0.5, 0.6) is 0 Å². The van der Waals surface area contributed by atoms with Crippen molar-refractivity contribution in [3.63, 3.8) is 0 Å². The summed E-state index contributed by atoms with van der Waals surface area (Å²) < 4.78 is 4.81. The SMILES string of the molecule is COC(=O)C1(c2ccccc2)NN[CH]S1. The molecule has 1 aliphatic heterocycles. The highest BCUT2D eigenvalue weighted by atomic mass is 32.2. The molecule has 2 rings (SSSR count). The Morgan fingerprint density at radius 3 is 2.67 bits per heavy atom. The van der Waals surface area contributed by atoms with Crippen molar-refractivity contribution in [2.75, 3.05) is 7.11 Å². The molecule has 1 aromatic rings. The minimum absolute atomic E-state index is 0.319. The average Bonchev–Trinajstić information content (AvgIpc) is 2.79. The molecule has 1 aliphatic rings. The van der Waals surface area contributed by atoms with Gasteiger partial charge in [0.15, 0.2) is 0 Å². The number of carbonyl (C=O) groups is 1. The van der Waals surface area contributed by atoms with E-state index in [4.69, 9.17) is 4.74 Å². The molecule has 1 radical (unpaired) electrons. The lowest BCUT2D eigenvalue weighted by molar-refractivity contribution is -0.144. The number of esters is 1.